The van der Waals surface area contributed by atoms with E-state index in [-0.39, 0.29) is 0 Å². The lowest BCUT2D eigenvalue weighted by atomic mass is 9.93. The molecule has 176 valence electrons. The molecule has 2 aliphatic rings. The normalized spacial score (nSPS) is 19.1. The van der Waals surface area contributed by atoms with Gasteiger partial charge in [0.2, 0.25) is 0 Å². The van der Waals surface area contributed by atoms with E-state index in [4.69, 9.17) is 0 Å². The number of nitrogens with zero attached hydrogens (tertiary/aromatic N) is 5. The third kappa shape index (κ3) is 4.89. The van der Waals surface area contributed by atoms with Crippen molar-refractivity contribution in [3.8, 4) is 11.4 Å². The van der Waals surface area contributed by atoms with E-state index in [9.17, 15) is 8.78 Å². The zero-order valence-corrected chi connectivity index (χ0v) is 19.3. The van der Waals surface area contributed by atoms with Gasteiger partial charge in [-0.2, -0.15) is 8.78 Å². The molecular formula is C26H33F2N5. The molecule has 3 heterocycles. The van der Waals surface area contributed by atoms with Gasteiger partial charge in [0.05, 0.1) is 11.0 Å². The Morgan fingerprint density at radius 1 is 0.939 bits per heavy atom. The second-order valence-corrected chi connectivity index (χ2v) is 9.49. The van der Waals surface area contributed by atoms with Crippen molar-refractivity contribution in [3.05, 3.63) is 48.5 Å². The summed E-state index contributed by atoms with van der Waals surface area (Å²) >= 11 is 0. The number of imidazole rings is 1. The number of rotatable bonds is 6. The Labute approximate surface area is 194 Å². The van der Waals surface area contributed by atoms with Gasteiger partial charge in [0.15, 0.2) is 0 Å². The largest absolute Gasteiger partial charge is 0.371 e. The highest BCUT2D eigenvalue weighted by molar-refractivity contribution is 5.81. The molecule has 0 atom stereocenters. The summed E-state index contributed by atoms with van der Waals surface area (Å²) in [5.74, 6) is 1.10. The molecule has 0 amide bonds. The van der Waals surface area contributed by atoms with Crippen LogP contribution in [-0.2, 0) is 0 Å². The highest BCUT2D eigenvalue weighted by Gasteiger charge is 2.23. The number of anilines is 1. The highest BCUT2D eigenvalue weighted by atomic mass is 19.3. The fourth-order valence-corrected chi connectivity index (χ4v) is 5.20. The number of hydrogen-bond acceptors (Lipinski definition) is 4. The molecular weight excluding hydrogens is 420 g/mol. The first-order chi connectivity index (χ1) is 16.1. The van der Waals surface area contributed by atoms with Crippen LogP contribution in [0.1, 0.15) is 25.8 Å². The molecule has 5 rings (SSSR count). The Morgan fingerprint density at radius 2 is 1.70 bits per heavy atom. The molecule has 0 spiro atoms. The maximum absolute atomic E-state index is 13.9. The van der Waals surface area contributed by atoms with Gasteiger partial charge in [-0.3, -0.25) is 4.57 Å². The Hall–Kier alpha value is -2.51. The van der Waals surface area contributed by atoms with Gasteiger partial charge in [-0.1, -0.05) is 24.3 Å². The summed E-state index contributed by atoms with van der Waals surface area (Å²) in [6, 6.07) is 15.0. The van der Waals surface area contributed by atoms with E-state index in [2.05, 4.69) is 32.8 Å². The molecule has 0 unspecified atom stereocenters. The second kappa shape index (κ2) is 9.77. The van der Waals surface area contributed by atoms with Gasteiger partial charge in [0, 0.05) is 50.5 Å². The predicted molar refractivity (Wildman–Crippen MR) is 130 cm³/mol. The molecule has 3 aromatic rings. The molecule has 5 nitrogen and oxygen atoms in total. The Bertz CT molecular complexity index is 1070. The van der Waals surface area contributed by atoms with Crippen LogP contribution in [0.15, 0.2) is 48.5 Å². The van der Waals surface area contributed by atoms with Gasteiger partial charge in [-0.05, 0) is 63.0 Å². The van der Waals surface area contributed by atoms with Crippen LogP contribution in [0.3, 0.4) is 0 Å². The van der Waals surface area contributed by atoms with E-state index in [0.717, 1.165) is 34.8 Å². The van der Waals surface area contributed by atoms with Crippen LogP contribution in [0, 0.1) is 5.92 Å². The molecule has 0 radical (unpaired) electrons. The van der Waals surface area contributed by atoms with Crippen molar-refractivity contribution in [3.63, 3.8) is 0 Å². The van der Waals surface area contributed by atoms with E-state index in [1.54, 1.807) is 18.2 Å². The van der Waals surface area contributed by atoms with Crippen molar-refractivity contribution in [2.75, 3.05) is 57.8 Å². The summed E-state index contributed by atoms with van der Waals surface area (Å²) in [6.45, 7) is 5.33. The zero-order chi connectivity index (χ0) is 22.8. The van der Waals surface area contributed by atoms with Crippen molar-refractivity contribution < 1.29 is 8.78 Å². The molecule has 2 saturated heterocycles. The molecule has 33 heavy (non-hydrogen) atoms. The van der Waals surface area contributed by atoms with E-state index < -0.39 is 6.55 Å². The SMILES string of the molecule is CN1CCN(CCC2CCN(c3cccc(-c4nc5ccccc5n4C(F)F)c3)CC2)CC1. The lowest BCUT2D eigenvalue weighted by Gasteiger charge is -2.36. The van der Waals surface area contributed by atoms with Crippen LogP contribution in [0.2, 0.25) is 0 Å². The predicted octanol–water partition coefficient (Wildman–Crippen LogP) is 4.95. The average Bonchev–Trinajstić information content (AvgIpc) is 3.24. The summed E-state index contributed by atoms with van der Waals surface area (Å²) in [4.78, 5) is 11.9. The number of alkyl halides is 2. The third-order valence-electron chi connectivity index (χ3n) is 7.32. The number of piperazine rings is 1. The van der Waals surface area contributed by atoms with Crippen molar-refractivity contribution in [2.45, 2.75) is 25.8 Å². The Balaban J connectivity index is 1.25. The highest BCUT2D eigenvalue weighted by Crippen LogP contribution is 2.33. The van der Waals surface area contributed by atoms with E-state index in [0.29, 0.717) is 16.9 Å². The zero-order valence-electron chi connectivity index (χ0n) is 19.3. The van der Waals surface area contributed by atoms with Crippen molar-refractivity contribution >= 4 is 16.7 Å². The van der Waals surface area contributed by atoms with Gasteiger partial charge in [-0.25, -0.2) is 4.98 Å². The number of halogens is 2. The number of hydrogen-bond donors (Lipinski definition) is 0. The Morgan fingerprint density at radius 3 is 2.45 bits per heavy atom. The van der Waals surface area contributed by atoms with Crippen LogP contribution >= 0.6 is 0 Å². The maximum atomic E-state index is 13.9. The number of para-hydroxylation sites is 2. The Kier molecular flexibility index (Phi) is 6.60. The van der Waals surface area contributed by atoms with Gasteiger partial charge in [-0.15, -0.1) is 0 Å². The fourth-order valence-electron chi connectivity index (χ4n) is 5.20. The molecule has 2 fully saturated rings. The quantitative estimate of drug-likeness (QED) is 0.528. The lowest BCUT2D eigenvalue weighted by Crippen LogP contribution is -2.45. The van der Waals surface area contributed by atoms with Gasteiger partial charge in [0.1, 0.15) is 5.82 Å². The number of likely N-dealkylation sites (N-methyl/N-ethyl adjacent to an activating group) is 1. The third-order valence-corrected chi connectivity index (χ3v) is 7.32. The van der Waals surface area contributed by atoms with E-state index in [1.165, 1.54) is 52.0 Å². The molecule has 0 N–H and O–H groups in total. The molecule has 0 saturated carbocycles. The van der Waals surface area contributed by atoms with Gasteiger partial charge < -0.3 is 14.7 Å². The summed E-state index contributed by atoms with van der Waals surface area (Å²) in [6.07, 6.45) is 3.65. The molecule has 2 aliphatic heterocycles. The summed E-state index contributed by atoms with van der Waals surface area (Å²) < 4.78 is 28.9. The van der Waals surface area contributed by atoms with Crippen molar-refractivity contribution in [1.82, 2.24) is 19.4 Å². The number of aromatic nitrogens is 2. The molecule has 0 aliphatic carbocycles. The van der Waals surface area contributed by atoms with Crippen LogP contribution in [0.5, 0.6) is 0 Å². The summed E-state index contributed by atoms with van der Waals surface area (Å²) in [7, 11) is 2.20. The standard InChI is InChI=1S/C26H33F2N5/c1-30-15-17-31(18-16-30)12-9-20-10-13-32(14-11-20)22-6-4-5-21(19-22)25-29-23-7-2-3-8-24(23)33(25)26(27)28/h2-8,19-20,26H,9-18H2,1H3. The molecule has 1 aromatic heterocycles. The van der Waals surface area contributed by atoms with Crippen molar-refractivity contribution in [1.29, 1.82) is 0 Å². The van der Waals surface area contributed by atoms with Crippen molar-refractivity contribution in [2.24, 2.45) is 5.92 Å². The van der Waals surface area contributed by atoms with E-state index in [1.807, 2.05) is 24.3 Å². The first kappa shape index (κ1) is 22.3. The maximum Gasteiger partial charge on any atom is 0.320 e. The average molecular weight is 454 g/mol. The van der Waals surface area contributed by atoms with Gasteiger partial charge in [0.25, 0.3) is 0 Å². The molecule has 2 aromatic carbocycles. The summed E-state index contributed by atoms with van der Waals surface area (Å²) in [5, 5.41) is 0. The minimum absolute atomic E-state index is 0.329. The van der Waals surface area contributed by atoms with Crippen LogP contribution < -0.4 is 4.90 Å². The second-order valence-electron chi connectivity index (χ2n) is 9.49. The summed E-state index contributed by atoms with van der Waals surface area (Å²) in [5.41, 5.74) is 2.90. The van der Waals surface area contributed by atoms with Crippen LogP contribution in [0.25, 0.3) is 22.4 Å². The lowest BCUT2D eigenvalue weighted by molar-refractivity contribution is 0.0764. The van der Waals surface area contributed by atoms with Gasteiger partial charge >= 0.3 is 6.55 Å². The van der Waals surface area contributed by atoms with Crippen LogP contribution in [-0.4, -0.2) is 72.2 Å². The first-order valence-electron chi connectivity index (χ1n) is 12.1. The molecule has 0 bridgehead atoms. The van der Waals surface area contributed by atoms with E-state index >= 15 is 0 Å². The minimum atomic E-state index is -2.63. The molecule has 7 heteroatoms. The number of fused-ring (bicyclic) bond motifs is 1. The number of benzene rings is 2. The minimum Gasteiger partial charge on any atom is -0.371 e. The monoisotopic (exact) mass is 453 g/mol. The first-order valence-corrected chi connectivity index (χ1v) is 12.1. The van der Waals surface area contributed by atoms with Crippen LogP contribution in [0.4, 0.5) is 14.5 Å². The number of piperidine rings is 1. The fraction of sp³-hybridized carbons (Fsp3) is 0.500. The topological polar surface area (TPSA) is 27.5 Å². The smallest absolute Gasteiger partial charge is 0.320 e.